The summed E-state index contributed by atoms with van der Waals surface area (Å²) in [6, 6.07) is 14.9. The van der Waals surface area contributed by atoms with Crippen molar-refractivity contribution in [3.8, 4) is 17.2 Å². The Hall–Kier alpha value is -3.81. The van der Waals surface area contributed by atoms with Crippen LogP contribution in [0.1, 0.15) is 23.7 Å². The summed E-state index contributed by atoms with van der Waals surface area (Å²) in [5.74, 6) is 1.82. The van der Waals surface area contributed by atoms with Crippen LogP contribution in [-0.2, 0) is 13.0 Å². The fourth-order valence-electron chi connectivity index (χ4n) is 2.76. The molecule has 0 saturated heterocycles. The summed E-state index contributed by atoms with van der Waals surface area (Å²) in [5.41, 5.74) is 4.94. The Morgan fingerprint density at radius 3 is 2.43 bits per heavy atom. The predicted molar refractivity (Wildman–Crippen MR) is 116 cm³/mol. The van der Waals surface area contributed by atoms with Crippen LogP contribution in [0.15, 0.2) is 58.4 Å². The van der Waals surface area contributed by atoms with Crippen molar-refractivity contribution in [2.75, 3.05) is 19.6 Å². The second-order valence-electron chi connectivity index (χ2n) is 6.34. The zero-order valence-electron chi connectivity index (χ0n) is 17.1. The summed E-state index contributed by atoms with van der Waals surface area (Å²) >= 11 is 0. The third-order valence-electron chi connectivity index (χ3n) is 4.25. The predicted octanol–water partition coefficient (Wildman–Crippen LogP) is 3.37. The molecule has 0 unspecified atom stereocenters. The molecule has 0 bridgehead atoms. The van der Waals surface area contributed by atoms with Crippen molar-refractivity contribution in [2.45, 2.75) is 20.0 Å². The maximum absolute atomic E-state index is 11.6. The highest BCUT2D eigenvalue weighted by atomic mass is 16.5. The third-order valence-corrected chi connectivity index (χ3v) is 4.25. The number of rotatable bonds is 9. The molecule has 1 aromatic heterocycles. The molecule has 3 aromatic rings. The van der Waals surface area contributed by atoms with E-state index in [1.165, 1.54) is 6.07 Å². The van der Waals surface area contributed by atoms with Gasteiger partial charge in [-0.1, -0.05) is 37.3 Å². The average Bonchev–Trinajstić information content (AvgIpc) is 2.77. The van der Waals surface area contributed by atoms with Crippen LogP contribution in [0.3, 0.4) is 0 Å². The molecule has 8 nitrogen and oxygen atoms in total. The Morgan fingerprint density at radius 2 is 1.80 bits per heavy atom. The first-order chi connectivity index (χ1) is 14.6. The minimum absolute atomic E-state index is 0.234. The van der Waals surface area contributed by atoms with Gasteiger partial charge in [0.15, 0.2) is 11.5 Å². The highest BCUT2D eigenvalue weighted by molar-refractivity contribution is 5.82. The van der Waals surface area contributed by atoms with E-state index >= 15 is 0 Å². The molecular weight excluding hydrogens is 384 g/mol. The largest absolute Gasteiger partial charge is 0.493 e. The lowest BCUT2D eigenvalue weighted by Gasteiger charge is -2.15. The van der Waals surface area contributed by atoms with Crippen molar-refractivity contribution < 1.29 is 14.2 Å². The van der Waals surface area contributed by atoms with Gasteiger partial charge in [-0.2, -0.15) is 5.10 Å². The van der Waals surface area contributed by atoms with Gasteiger partial charge in [-0.15, -0.1) is 0 Å². The number of nitrogens with zero attached hydrogens (tertiary/aromatic N) is 2. The van der Waals surface area contributed by atoms with Crippen molar-refractivity contribution in [2.24, 2.45) is 5.10 Å². The lowest BCUT2D eigenvalue weighted by molar-refractivity contribution is 0.266. The van der Waals surface area contributed by atoms with Crippen molar-refractivity contribution in [1.29, 1.82) is 0 Å². The van der Waals surface area contributed by atoms with Gasteiger partial charge in [0, 0.05) is 17.3 Å². The Kier molecular flexibility index (Phi) is 7.05. The number of hydrazone groups is 1. The molecular formula is C22H24N4O4. The number of aromatic nitrogens is 2. The van der Waals surface area contributed by atoms with E-state index in [-0.39, 0.29) is 11.5 Å². The number of hydrogen-bond acceptors (Lipinski definition) is 7. The molecule has 3 rings (SSSR count). The molecule has 0 fully saturated rings. The van der Waals surface area contributed by atoms with Gasteiger partial charge >= 0.3 is 0 Å². The quantitative estimate of drug-likeness (QED) is 0.416. The zero-order valence-corrected chi connectivity index (χ0v) is 17.1. The smallest absolute Gasteiger partial charge is 0.252 e. The van der Waals surface area contributed by atoms with Crippen LogP contribution >= 0.6 is 0 Å². The monoisotopic (exact) mass is 408 g/mol. The van der Waals surface area contributed by atoms with Crippen LogP contribution in [0, 0.1) is 0 Å². The average molecular weight is 408 g/mol. The Labute approximate surface area is 174 Å². The van der Waals surface area contributed by atoms with Crippen LogP contribution in [0.5, 0.6) is 17.2 Å². The molecule has 2 aromatic carbocycles. The standard InChI is InChI=1S/C22H24N4O4/c1-4-17-12-20(27)25-22(24-17)26-23-13-16-10-18(28-2)21(19(11-16)29-3)30-14-15-8-6-5-7-9-15/h5-13H,4,14H2,1-3H3,(H2,24,25,26,27)/b23-13-. The van der Waals surface area contributed by atoms with Gasteiger partial charge in [0.25, 0.3) is 5.56 Å². The Morgan fingerprint density at radius 1 is 1.10 bits per heavy atom. The highest BCUT2D eigenvalue weighted by Gasteiger charge is 2.14. The van der Waals surface area contributed by atoms with Crippen LogP contribution in [0.4, 0.5) is 5.95 Å². The maximum atomic E-state index is 11.6. The van der Waals surface area contributed by atoms with Gasteiger partial charge in [0.05, 0.1) is 20.4 Å². The molecule has 0 radical (unpaired) electrons. The molecule has 0 atom stereocenters. The fourth-order valence-corrected chi connectivity index (χ4v) is 2.76. The molecule has 30 heavy (non-hydrogen) atoms. The highest BCUT2D eigenvalue weighted by Crippen LogP contribution is 2.38. The van der Waals surface area contributed by atoms with Crippen LogP contribution < -0.4 is 25.2 Å². The van der Waals surface area contributed by atoms with Crippen molar-refractivity contribution in [1.82, 2.24) is 9.97 Å². The molecule has 0 saturated carbocycles. The number of anilines is 1. The van der Waals surface area contributed by atoms with E-state index in [2.05, 4.69) is 20.5 Å². The number of nitrogens with one attached hydrogen (secondary N) is 2. The van der Waals surface area contributed by atoms with E-state index in [0.717, 1.165) is 11.1 Å². The van der Waals surface area contributed by atoms with Crippen LogP contribution in [-0.4, -0.2) is 30.4 Å². The number of H-pyrrole nitrogens is 1. The summed E-state index contributed by atoms with van der Waals surface area (Å²) in [6.07, 6.45) is 2.23. The van der Waals surface area contributed by atoms with E-state index in [1.807, 2.05) is 37.3 Å². The van der Waals surface area contributed by atoms with E-state index in [9.17, 15) is 4.79 Å². The molecule has 0 aliphatic carbocycles. The summed E-state index contributed by atoms with van der Waals surface area (Å²) in [6.45, 7) is 2.31. The summed E-state index contributed by atoms with van der Waals surface area (Å²) in [7, 11) is 3.13. The van der Waals surface area contributed by atoms with Crippen LogP contribution in [0.25, 0.3) is 0 Å². The summed E-state index contributed by atoms with van der Waals surface area (Å²) in [5, 5.41) is 4.14. The molecule has 0 aliphatic rings. The fraction of sp³-hybridized carbons (Fsp3) is 0.227. The molecule has 2 N–H and O–H groups in total. The van der Waals surface area contributed by atoms with E-state index in [4.69, 9.17) is 14.2 Å². The van der Waals surface area contributed by atoms with Gasteiger partial charge in [-0.3, -0.25) is 9.78 Å². The topological polar surface area (TPSA) is 97.8 Å². The molecule has 156 valence electrons. The Balaban J connectivity index is 1.78. The first kappa shape index (κ1) is 20.9. The normalized spacial score (nSPS) is 10.8. The zero-order chi connectivity index (χ0) is 21.3. The summed E-state index contributed by atoms with van der Waals surface area (Å²) < 4.78 is 16.9. The SMILES string of the molecule is CCc1cc(=O)[nH]c(N/N=C\c2cc(OC)c(OCc3ccccc3)c(OC)c2)n1. The lowest BCUT2D eigenvalue weighted by Crippen LogP contribution is -2.11. The number of hydrogen-bond donors (Lipinski definition) is 2. The van der Waals surface area contributed by atoms with Gasteiger partial charge in [-0.25, -0.2) is 10.4 Å². The first-order valence-electron chi connectivity index (χ1n) is 9.45. The number of aryl methyl sites for hydroxylation is 1. The molecule has 0 aliphatic heterocycles. The minimum Gasteiger partial charge on any atom is -0.493 e. The Bertz CT molecular complexity index is 1040. The van der Waals surface area contributed by atoms with Gasteiger partial charge in [-0.05, 0) is 24.1 Å². The van der Waals surface area contributed by atoms with Gasteiger partial charge in [0.2, 0.25) is 11.7 Å². The van der Waals surface area contributed by atoms with Crippen LogP contribution in [0.2, 0.25) is 0 Å². The van der Waals surface area contributed by atoms with E-state index in [1.54, 1.807) is 32.6 Å². The minimum atomic E-state index is -0.234. The third kappa shape index (κ3) is 5.38. The summed E-state index contributed by atoms with van der Waals surface area (Å²) in [4.78, 5) is 18.5. The molecule has 1 heterocycles. The van der Waals surface area contributed by atoms with Crippen molar-refractivity contribution in [3.05, 3.63) is 75.7 Å². The molecule has 0 amide bonds. The molecule has 8 heteroatoms. The van der Waals surface area contributed by atoms with Crippen molar-refractivity contribution >= 4 is 12.2 Å². The van der Waals surface area contributed by atoms with Crippen molar-refractivity contribution in [3.63, 3.8) is 0 Å². The second-order valence-corrected chi connectivity index (χ2v) is 6.34. The van der Waals surface area contributed by atoms with Gasteiger partial charge in [0.1, 0.15) is 6.61 Å². The van der Waals surface area contributed by atoms with Gasteiger partial charge < -0.3 is 14.2 Å². The number of aromatic amines is 1. The second kappa shape index (κ2) is 10.1. The van der Waals surface area contributed by atoms with E-state index in [0.29, 0.717) is 36.0 Å². The first-order valence-corrected chi connectivity index (χ1v) is 9.45. The number of ether oxygens (including phenoxy) is 3. The maximum Gasteiger partial charge on any atom is 0.252 e. The number of methoxy groups -OCH3 is 2. The lowest BCUT2D eigenvalue weighted by atomic mass is 10.2. The molecule has 0 spiro atoms. The van der Waals surface area contributed by atoms with E-state index < -0.39 is 0 Å². The number of benzene rings is 2.